The molecule has 0 saturated carbocycles. The van der Waals surface area contributed by atoms with Gasteiger partial charge in [-0.15, -0.1) is 0 Å². The van der Waals surface area contributed by atoms with E-state index in [1.165, 1.54) is 6.33 Å². The Bertz CT molecular complexity index is 1190. The van der Waals surface area contributed by atoms with Crippen molar-refractivity contribution < 1.29 is 14.6 Å². The number of likely N-dealkylation sites (N-methyl/N-ethyl adjacent to an activating group) is 1. The van der Waals surface area contributed by atoms with Crippen molar-refractivity contribution in [3.63, 3.8) is 0 Å². The third kappa shape index (κ3) is 4.51. The number of hydrogen-bond donors (Lipinski definition) is 2. The van der Waals surface area contributed by atoms with Crippen LogP contribution in [-0.4, -0.2) is 65.0 Å². The lowest BCUT2D eigenvalue weighted by Gasteiger charge is -2.15. The molecule has 3 N–H and O–H groups in total. The molecular weight excluding hydrogens is 406 g/mol. The number of aromatic nitrogens is 3. The van der Waals surface area contributed by atoms with Crippen LogP contribution >= 0.6 is 0 Å². The molecule has 2 heterocycles. The number of methoxy groups -OCH3 is 1. The SMILES string of the molecule is COc1cccc(-n2cc(-c3ccc(OCCN(C)CCO)cc3)c3ncnc(N)c32)c1. The van der Waals surface area contributed by atoms with Crippen LogP contribution in [0.1, 0.15) is 0 Å². The van der Waals surface area contributed by atoms with Crippen molar-refractivity contribution in [1.82, 2.24) is 19.4 Å². The van der Waals surface area contributed by atoms with E-state index in [0.29, 0.717) is 19.0 Å². The van der Waals surface area contributed by atoms with E-state index in [0.717, 1.165) is 45.9 Å². The third-order valence-corrected chi connectivity index (χ3v) is 5.33. The summed E-state index contributed by atoms with van der Waals surface area (Å²) in [6, 6.07) is 15.7. The van der Waals surface area contributed by atoms with Crippen molar-refractivity contribution in [2.45, 2.75) is 0 Å². The van der Waals surface area contributed by atoms with Crippen LogP contribution in [0.2, 0.25) is 0 Å². The van der Waals surface area contributed by atoms with Crippen molar-refractivity contribution >= 4 is 16.9 Å². The molecule has 4 rings (SSSR count). The van der Waals surface area contributed by atoms with E-state index in [4.69, 9.17) is 20.3 Å². The van der Waals surface area contributed by atoms with E-state index in [1.54, 1.807) is 7.11 Å². The van der Waals surface area contributed by atoms with E-state index < -0.39 is 0 Å². The van der Waals surface area contributed by atoms with E-state index in [9.17, 15) is 0 Å². The lowest BCUT2D eigenvalue weighted by Crippen LogP contribution is -2.27. The van der Waals surface area contributed by atoms with Gasteiger partial charge < -0.3 is 29.8 Å². The van der Waals surface area contributed by atoms with Crippen LogP contribution in [0.3, 0.4) is 0 Å². The summed E-state index contributed by atoms with van der Waals surface area (Å²) in [6.45, 7) is 2.06. The molecule has 8 heteroatoms. The summed E-state index contributed by atoms with van der Waals surface area (Å²) >= 11 is 0. The van der Waals surface area contributed by atoms with Crippen LogP contribution in [0, 0.1) is 0 Å². The zero-order valence-corrected chi connectivity index (χ0v) is 18.2. The highest BCUT2D eigenvalue weighted by Gasteiger charge is 2.16. The van der Waals surface area contributed by atoms with Crippen LogP contribution in [0.5, 0.6) is 11.5 Å². The van der Waals surface area contributed by atoms with Gasteiger partial charge in [-0.05, 0) is 36.9 Å². The Morgan fingerprint density at radius 3 is 2.62 bits per heavy atom. The van der Waals surface area contributed by atoms with E-state index in [1.807, 2.05) is 71.2 Å². The van der Waals surface area contributed by atoms with Crippen molar-refractivity contribution in [1.29, 1.82) is 0 Å². The summed E-state index contributed by atoms with van der Waals surface area (Å²) in [5.74, 6) is 1.96. The summed E-state index contributed by atoms with van der Waals surface area (Å²) < 4.78 is 13.2. The van der Waals surface area contributed by atoms with E-state index in [-0.39, 0.29) is 6.61 Å². The Hall–Kier alpha value is -3.62. The predicted octanol–water partition coefficient (Wildman–Crippen LogP) is 2.98. The fraction of sp³-hybridized carbons (Fsp3) is 0.250. The van der Waals surface area contributed by atoms with E-state index in [2.05, 4.69) is 9.97 Å². The Balaban J connectivity index is 1.64. The summed E-state index contributed by atoms with van der Waals surface area (Å²) in [7, 11) is 3.60. The normalized spacial score (nSPS) is 11.2. The molecule has 0 aliphatic rings. The highest BCUT2D eigenvalue weighted by Crippen LogP contribution is 2.34. The molecule has 0 radical (unpaired) electrons. The standard InChI is InChI=1S/C24H27N5O3/c1-28(10-12-30)11-13-32-19-8-6-17(7-9-19)21-15-29(18-4-3-5-20(14-18)31-2)23-22(21)26-16-27-24(23)25/h3-9,14-16,30H,10-13H2,1-2H3,(H2,25,26,27). The highest BCUT2D eigenvalue weighted by molar-refractivity contribution is 5.98. The number of anilines is 1. The van der Waals surface area contributed by atoms with Gasteiger partial charge in [0, 0.05) is 36.6 Å². The summed E-state index contributed by atoms with van der Waals surface area (Å²) in [5, 5.41) is 8.98. The van der Waals surface area contributed by atoms with Crippen molar-refractivity contribution in [3.05, 3.63) is 61.1 Å². The first-order valence-electron chi connectivity index (χ1n) is 10.4. The number of fused-ring (bicyclic) bond motifs is 1. The first kappa shape index (κ1) is 21.6. The first-order valence-corrected chi connectivity index (χ1v) is 10.4. The minimum Gasteiger partial charge on any atom is -0.497 e. The second-order valence-corrected chi connectivity index (χ2v) is 7.47. The highest BCUT2D eigenvalue weighted by atomic mass is 16.5. The molecule has 0 aliphatic carbocycles. The van der Waals surface area contributed by atoms with Gasteiger partial charge in [-0.25, -0.2) is 9.97 Å². The topological polar surface area (TPSA) is 98.7 Å². The number of aliphatic hydroxyl groups excluding tert-OH is 1. The molecule has 0 aliphatic heterocycles. The molecule has 8 nitrogen and oxygen atoms in total. The van der Waals surface area contributed by atoms with Crippen molar-refractivity contribution in [3.8, 4) is 28.3 Å². The number of hydrogen-bond acceptors (Lipinski definition) is 7. The van der Waals surface area contributed by atoms with Gasteiger partial charge in [0.05, 0.1) is 13.7 Å². The molecule has 4 aromatic rings. The van der Waals surface area contributed by atoms with Gasteiger partial charge in [0.25, 0.3) is 0 Å². The Morgan fingerprint density at radius 1 is 1.06 bits per heavy atom. The lowest BCUT2D eigenvalue weighted by atomic mass is 10.1. The maximum Gasteiger partial charge on any atom is 0.151 e. The zero-order valence-electron chi connectivity index (χ0n) is 18.2. The number of rotatable bonds is 9. The average Bonchev–Trinajstić information content (AvgIpc) is 3.21. The minimum absolute atomic E-state index is 0.142. The zero-order chi connectivity index (χ0) is 22.5. The van der Waals surface area contributed by atoms with Gasteiger partial charge >= 0.3 is 0 Å². The number of nitrogen functional groups attached to an aromatic ring is 1. The molecule has 0 saturated heterocycles. The Morgan fingerprint density at radius 2 is 1.88 bits per heavy atom. The quantitative estimate of drug-likeness (QED) is 0.419. The molecule has 0 spiro atoms. The third-order valence-electron chi connectivity index (χ3n) is 5.33. The number of nitrogens with two attached hydrogens (primary N) is 1. The van der Waals surface area contributed by atoms with E-state index >= 15 is 0 Å². The van der Waals surface area contributed by atoms with Crippen LogP contribution < -0.4 is 15.2 Å². The molecule has 2 aromatic carbocycles. The van der Waals surface area contributed by atoms with Gasteiger partial charge in [0.2, 0.25) is 0 Å². The monoisotopic (exact) mass is 433 g/mol. The summed E-state index contributed by atoms with van der Waals surface area (Å²) in [5.41, 5.74) is 10.6. The molecule has 0 atom stereocenters. The van der Waals surface area contributed by atoms with Gasteiger partial charge in [-0.3, -0.25) is 0 Å². The molecule has 32 heavy (non-hydrogen) atoms. The first-order chi connectivity index (χ1) is 15.6. The summed E-state index contributed by atoms with van der Waals surface area (Å²) in [6.07, 6.45) is 3.50. The second kappa shape index (κ2) is 9.67. The number of aliphatic hydroxyl groups is 1. The van der Waals surface area contributed by atoms with Gasteiger partial charge in [0.15, 0.2) is 5.82 Å². The largest absolute Gasteiger partial charge is 0.497 e. The predicted molar refractivity (Wildman–Crippen MR) is 125 cm³/mol. The number of nitrogens with zero attached hydrogens (tertiary/aromatic N) is 4. The van der Waals surface area contributed by atoms with Crippen molar-refractivity contribution in [2.75, 3.05) is 46.2 Å². The number of benzene rings is 2. The van der Waals surface area contributed by atoms with Crippen molar-refractivity contribution in [2.24, 2.45) is 0 Å². The maximum atomic E-state index is 8.98. The molecule has 0 amide bonds. The lowest BCUT2D eigenvalue weighted by molar-refractivity contribution is 0.192. The molecule has 0 fully saturated rings. The average molecular weight is 434 g/mol. The molecule has 166 valence electrons. The minimum atomic E-state index is 0.142. The Labute approximate surface area is 186 Å². The van der Waals surface area contributed by atoms with Crippen LogP contribution in [0.4, 0.5) is 5.82 Å². The smallest absolute Gasteiger partial charge is 0.151 e. The maximum absolute atomic E-state index is 8.98. The van der Waals surface area contributed by atoms with Gasteiger partial charge in [-0.1, -0.05) is 18.2 Å². The molecule has 0 unspecified atom stereocenters. The Kier molecular flexibility index (Phi) is 6.53. The fourth-order valence-electron chi connectivity index (χ4n) is 3.59. The molecular formula is C24H27N5O3. The fourth-order valence-corrected chi connectivity index (χ4v) is 3.59. The number of ether oxygens (including phenoxy) is 2. The van der Waals surface area contributed by atoms with Crippen LogP contribution in [0.15, 0.2) is 61.1 Å². The molecule has 2 aromatic heterocycles. The van der Waals surface area contributed by atoms with Gasteiger partial charge in [0.1, 0.15) is 35.5 Å². The van der Waals surface area contributed by atoms with Crippen LogP contribution in [-0.2, 0) is 0 Å². The van der Waals surface area contributed by atoms with Gasteiger partial charge in [-0.2, -0.15) is 0 Å². The summed E-state index contributed by atoms with van der Waals surface area (Å²) in [4.78, 5) is 10.7. The second-order valence-electron chi connectivity index (χ2n) is 7.47. The van der Waals surface area contributed by atoms with Crippen LogP contribution in [0.25, 0.3) is 27.8 Å². The molecule has 0 bridgehead atoms.